The van der Waals surface area contributed by atoms with Crippen LogP contribution < -0.4 is 10.1 Å². The molecule has 1 atom stereocenters. The smallest absolute Gasteiger partial charge is 0.176 e. The van der Waals surface area contributed by atoms with E-state index in [0.717, 1.165) is 0 Å². The average Bonchev–Trinajstić information content (AvgIpc) is 2.34. The molecule has 5 heteroatoms. The third-order valence-corrected chi connectivity index (χ3v) is 2.50. The molecule has 0 fully saturated rings. The zero-order valence-electron chi connectivity index (χ0n) is 11.2. The maximum absolute atomic E-state index is 13.1. The van der Waals surface area contributed by atoms with Crippen molar-refractivity contribution in [1.82, 2.24) is 0 Å². The summed E-state index contributed by atoms with van der Waals surface area (Å²) in [6.07, 6.45) is -0.385. The van der Waals surface area contributed by atoms with Crippen molar-refractivity contribution in [3.05, 3.63) is 24.0 Å². The van der Waals surface area contributed by atoms with Crippen LogP contribution in [0.25, 0.3) is 0 Å². The van der Waals surface area contributed by atoms with Crippen LogP contribution in [0.1, 0.15) is 13.8 Å². The largest absolute Gasteiger partial charge is 0.492 e. The van der Waals surface area contributed by atoms with Gasteiger partial charge in [-0.3, -0.25) is 0 Å². The van der Waals surface area contributed by atoms with Crippen molar-refractivity contribution in [3.63, 3.8) is 0 Å². The lowest BCUT2D eigenvalue weighted by Gasteiger charge is -2.24. The lowest BCUT2D eigenvalue weighted by Crippen LogP contribution is -2.33. The second-order valence-electron chi connectivity index (χ2n) is 3.85. The van der Waals surface area contributed by atoms with Gasteiger partial charge in [0.25, 0.3) is 0 Å². The van der Waals surface area contributed by atoms with Gasteiger partial charge in [0.05, 0.1) is 18.3 Å². The monoisotopic (exact) mass is 257 g/mol. The normalized spacial score (nSPS) is 12.6. The standard InChI is InChI=1S/C13H20FNO3/c1-5-18-12-8-10(14)6-7-11(12)15-9(2)13(16-3)17-4/h6-9,13,15H,5H2,1-4H3. The number of hydrogen-bond acceptors (Lipinski definition) is 4. The molecule has 0 saturated carbocycles. The first-order valence-electron chi connectivity index (χ1n) is 5.86. The van der Waals surface area contributed by atoms with E-state index >= 15 is 0 Å². The van der Waals surface area contributed by atoms with Gasteiger partial charge >= 0.3 is 0 Å². The number of methoxy groups -OCH3 is 2. The summed E-state index contributed by atoms with van der Waals surface area (Å²) < 4.78 is 28.8. The van der Waals surface area contributed by atoms with Crippen molar-refractivity contribution < 1.29 is 18.6 Å². The lowest BCUT2D eigenvalue weighted by atomic mass is 10.2. The van der Waals surface area contributed by atoms with Gasteiger partial charge in [-0.15, -0.1) is 0 Å². The molecule has 0 aliphatic rings. The van der Waals surface area contributed by atoms with Crippen molar-refractivity contribution in [2.75, 3.05) is 26.1 Å². The van der Waals surface area contributed by atoms with Crippen LogP contribution in [0, 0.1) is 5.82 Å². The van der Waals surface area contributed by atoms with Gasteiger partial charge < -0.3 is 19.5 Å². The number of nitrogens with one attached hydrogen (secondary N) is 1. The molecule has 1 aromatic rings. The molecule has 0 bridgehead atoms. The number of anilines is 1. The summed E-state index contributed by atoms with van der Waals surface area (Å²) in [5, 5.41) is 3.18. The van der Waals surface area contributed by atoms with Crippen molar-refractivity contribution in [1.29, 1.82) is 0 Å². The Hall–Kier alpha value is -1.33. The molecule has 1 N–H and O–H groups in total. The van der Waals surface area contributed by atoms with Crippen molar-refractivity contribution in [3.8, 4) is 5.75 Å². The quantitative estimate of drug-likeness (QED) is 0.762. The number of rotatable bonds is 7. The van der Waals surface area contributed by atoms with E-state index in [4.69, 9.17) is 14.2 Å². The van der Waals surface area contributed by atoms with Crippen molar-refractivity contribution in [2.45, 2.75) is 26.2 Å². The molecule has 1 unspecified atom stereocenters. The molecule has 0 spiro atoms. The van der Waals surface area contributed by atoms with Gasteiger partial charge in [0, 0.05) is 20.3 Å². The predicted octanol–water partition coefficient (Wildman–Crippen LogP) is 2.64. The van der Waals surface area contributed by atoms with Gasteiger partial charge in [-0.1, -0.05) is 0 Å². The van der Waals surface area contributed by atoms with Crippen LogP contribution in [0.4, 0.5) is 10.1 Å². The zero-order chi connectivity index (χ0) is 13.5. The topological polar surface area (TPSA) is 39.7 Å². The van der Waals surface area contributed by atoms with Crippen LogP contribution in [0.2, 0.25) is 0 Å². The fraction of sp³-hybridized carbons (Fsp3) is 0.538. The van der Waals surface area contributed by atoms with Crippen LogP contribution >= 0.6 is 0 Å². The van der Waals surface area contributed by atoms with Gasteiger partial charge in [-0.25, -0.2) is 4.39 Å². The Morgan fingerprint density at radius 3 is 2.50 bits per heavy atom. The van der Waals surface area contributed by atoms with Gasteiger partial charge in [-0.2, -0.15) is 0 Å². The van der Waals surface area contributed by atoms with E-state index in [9.17, 15) is 4.39 Å². The molecule has 0 aromatic heterocycles. The molecule has 0 radical (unpaired) electrons. The number of ether oxygens (including phenoxy) is 3. The number of benzene rings is 1. The molecule has 4 nitrogen and oxygen atoms in total. The second-order valence-corrected chi connectivity index (χ2v) is 3.85. The highest BCUT2D eigenvalue weighted by Gasteiger charge is 2.17. The summed E-state index contributed by atoms with van der Waals surface area (Å²) in [4.78, 5) is 0. The Morgan fingerprint density at radius 1 is 1.28 bits per heavy atom. The summed E-state index contributed by atoms with van der Waals surface area (Å²) in [6.45, 7) is 4.24. The molecule has 0 amide bonds. The lowest BCUT2D eigenvalue weighted by molar-refractivity contribution is -0.109. The summed E-state index contributed by atoms with van der Waals surface area (Å²) in [6, 6.07) is 4.28. The van der Waals surface area contributed by atoms with Crippen LogP contribution in [0.5, 0.6) is 5.75 Å². The van der Waals surface area contributed by atoms with Gasteiger partial charge in [0.1, 0.15) is 11.6 Å². The molecule has 102 valence electrons. The second kappa shape index (κ2) is 7.18. The van der Waals surface area contributed by atoms with Crippen molar-refractivity contribution in [2.24, 2.45) is 0 Å². The fourth-order valence-electron chi connectivity index (χ4n) is 1.71. The zero-order valence-corrected chi connectivity index (χ0v) is 11.2. The summed E-state index contributed by atoms with van der Waals surface area (Å²) >= 11 is 0. The Kier molecular flexibility index (Phi) is 5.88. The van der Waals surface area contributed by atoms with Crippen LogP contribution in [-0.4, -0.2) is 33.2 Å². The third-order valence-electron chi connectivity index (χ3n) is 2.50. The summed E-state index contributed by atoms with van der Waals surface area (Å²) in [5.74, 6) is 0.155. The third kappa shape index (κ3) is 3.85. The molecule has 0 heterocycles. The number of halogens is 1. The van der Waals surface area contributed by atoms with Gasteiger partial charge in [0.2, 0.25) is 0 Å². The Balaban J connectivity index is 2.82. The van der Waals surface area contributed by atoms with Crippen molar-refractivity contribution >= 4 is 5.69 Å². The minimum atomic E-state index is -0.385. The summed E-state index contributed by atoms with van der Waals surface area (Å²) in [7, 11) is 3.14. The van der Waals surface area contributed by atoms with Gasteiger partial charge in [0.15, 0.2) is 6.29 Å². The first kappa shape index (κ1) is 14.7. The van der Waals surface area contributed by atoms with Crippen LogP contribution in [-0.2, 0) is 9.47 Å². The highest BCUT2D eigenvalue weighted by atomic mass is 19.1. The SMILES string of the molecule is CCOc1cc(F)ccc1NC(C)C(OC)OC. The maximum atomic E-state index is 13.1. The van der Waals surface area contributed by atoms with E-state index in [1.807, 2.05) is 13.8 Å². The van der Waals surface area contributed by atoms with Crippen LogP contribution in [0.3, 0.4) is 0 Å². The molecule has 18 heavy (non-hydrogen) atoms. The molecular formula is C13H20FNO3. The minimum absolute atomic E-state index is 0.0929. The van der Waals surface area contributed by atoms with E-state index in [1.54, 1.807) is 20.3 Å². The Morgan fingerprint density at radius 2 is 1.94 bits per heavy atom. The van der Waals surface area contributed by atoms with E-state index in [2.05, 4.69) is 5.32 Å². The molecule has 1 rings (SSSR count). The first-order chi connectivity index (χ1) is 8.62. The van der Waals surface area contributed by atoms with Crippen LogP contribution in [0.15, 0.2) is 18.2 Å². The highest BCUT2D eigenvalue weighted by molar-refractivity contribution is 5.57. The predicted molar refractivity (Wildman–Crippen MR) is 68.5 cm³/mol. The Labute approximate surface area is 107 Å². The van der Waals surface area contributed by atoms with E-state index < -0.39 is 0 Å². The maximum Gasteiger partial charge on any atom is 0.176 e. The van der Waals surface area contributed by atoms with Gasteiger partial charge in [-0.05, 0) is 26.0 Å². The Bertz CT molecular complexity index is 369. The molecule has 0 aliphatic heterocycles. The molecular weight excluding hydrogens is 237 g/mol. The van der Waals surface area contributed by atoms with E-state index in [0.29, 0.717) is 18.0 Å². The summed E-state index contributed by atoms with van der Waals surface area (Å²) in [5.41, 5.74) is 0.713. The molecule has 0 aliphatic carbocycles. The van der Waals surface area contributed by atoms with E-state index in [-0.39, 0.29) is 18.1 Å². The minimum Gasteiger partial charge on any atom is -0.492 e. The first-order valence-corrected chi connectivity index (χ1v) is 5.86. The fourth-order valence-corrected chi connectivity index (χ4v) is 1.71. The molecule has 0 saturated heterocycles. The molecule has 1 aromatic carbocycles. The van der Waals surface area contributed by atoms with E-state index in [1.165, 1.54) is 12.1 Å². The highest BCUT2D eigenvalue weighted by Crippen LogP contribution is 2.26. The number of hydrogen-bond donors (Lipinski definition) is 1. The average molecular weight is 257 g/mol.